The second-order valence-electron chi connectivity index (χ2n) is 4.00. The van der Waals surface area contributed by atoms with Crippen molar-refractivity contribution in [1.82, 2.24) is 9.55 Å². The van der Waals surface area contributed by atoms with E-state index in [1.807, 2.05) is 11.9 Å². The number of hydrogen-bond acceptors (Lipinski definition) is 4. The first-order chi connectivity index (χ1) is 8.02. The molecule has 8 heteroatoms. The number of nitrogens with zero attached hydrogens (tertiary/aromatic N) is 1. The van der Waals surface area contributed by atoms with Gasteiger partial charge in [-0.3, -0.25) is 14.3 Å². The van der Waals surface area contributed by atoms with Crippen LogP contribution in [0, 0.1) is 49.9 Å². The number of aliphatic hydroxyl groups is 1. The van der Waals surface area contributed by atoms with Crippen LogP contribution < -0.4 is 11.2 Å². The van der Waals surface area contributed by atoms with Crippen LogP contribution in [0.15, 0.2) is 15.8 Å². The number of aromatic amines is 1. The Morgan fingerprint density at radius 1 is 1.61 bits per heavy atom. The number of hydrogen-bond donors (Lipinski definition) is 2. The van der Waals surface area contributed by atoms with Crippen molar-refractivity contribution in [2.75, 3.05) is 0 Å². The van der Waals surface area contributed by atoms with E-state index >= 15 is 0 Å². The van der Waals surface area contributed by atoms with Crippen molar-refractivity contribution < 1.29 is 58.3 Å². The zero-order valence-electron chi connectivity index (χ0n) is 9.80. The van der Waals surface area contributed by atoms with E-state index in [1.165, 1.54) is 0 Å². The second kappa shape index (κ2) is 6.42. The van der Waals surface area contributed by atoms with Crippen LogP contribution in [-0.2, 0) is 4.74 Å². The zero-order valence-corrected chi connectivity index (χ0v) is 14.5. The van der Waals surface area contributed by atoms with Crippen molar-refractivity contribution in [1.29, 1.82) is 0 Å². The smallest absolute Gasteiger partial charge is 0.330 e. The Morgan fingerprint density at radius 3 is 2.83 bits per heavy atom. The minimum atomic E-state index is -1.08. The SMILES string of the molecule is CC[C@@H]1CC(O)[C@H](n2cc(F)c(=O)[nH]c2=O)O1.[Ac]. The molecule has 3 atom stereocenters. The summed E-state index contributed by atoms with van der Waals surface area (Å²) < 4.78 is 19.4. The summed E-state index contributed by atoms with van der Waals surface area (Å²) in [5.41, 5.74) is -1.87. The third-order valence-electron chi connectivity index (χ3n) is 2.82. The van der Waals surface area contributed by atoms with E-state index in [0.717, 1.165) is 10.8 Å². The molecule has 0 spiro atoms. The first kappa shape index (κ1) is 16.0. The van der Waals surface area contributed by atoms with Gasteiger partial charge < -0.3 is 9.84 Å². The molecule has 0 aromatic carbocycles. The molecule has 1 unspecified atom stereocenters. The molecule has 1 aromatic heterocycles. The van der Waals surface area contributed by atoms with E-state index in [-0.39, 0.29) is 50.2 Å². The van der Waals surface area contributed by atoms with E-state index in [1.54, 1.807) is 0 Å². The van der Waals surface area contributed by atoms with Crippen LogP contribution in [0.5, 0.6) is 0 Å². The van der Waals surface area contributed by atoms with Gasteiger partial charge in [0.1, 0.15) is 6.10 Å². The van der Waals surface area contributed by atoms with E-state index in [2.05, 4.69) is 0 Å². The molecule has 1 aliphatic rings. The fraction of sp³-hybridized carbons (Fsp3) is 0.600. The van der Waals surface area contributed by atoms with Gasteiger partial charge in [0, 0.05) is 50.5 Å². The molecular weight excluding hydrogens is 458 g/mol. The largest absolute Gasteiger partial charge is 0.388 e. The number of H-pyrrole nitrogens is 1. The van der Waals surface area contributed by atoms with Crippen molar-refractivity contribution in [2.45, 2.75) is 38.2 Å². The van der Waals surface area contributed by atoms with Crippen molar-refractivity contribution in [3.05, 3.63) is 32.9 Å². The molecule has 1 radical (unpaired) electrons. The maximum Gasteiger partial charge on any atom is 0.330 e. The van der Waals surface area contributed by atoms with Crippen LogP contribution in [-0.4, -0.2) is 26.9 Å². The zero-order chi connectivity index (χ0) is 12.6. The van der Waals surface area contributed by atoms with E-state index < -0.39 is 29.4 Å². The topological polar surface area (TPSA) is 84.3 Å². The van der Waals surface area contributed by atoms with Gasteiger partial charge in [-0.25, -0.2) is 4.79 Å². The van der Waals surface area contributed by atoms with Gasteiger partial charge in [0.2, 0.25) is 5.82 Å². The van der Waals surface area contributed by atoms with Crippen LogP contribution in [0.3, 0.4) is 0 Å². The predicted octanol–water partition coefficient (Wildman–Crippen LogP) is -0.266. The summed E-state index contributed by atoms with van der Waals surface area (Å²) in [6.07, 6.45) is -0.172. The Hall–Kier alpha value is -0.0284. The summed E-state index contributed by atoms with van der Waals surface area (Å²) >= 11 is 0. The van der Waals surface area contributed by atoms with E-state index in [4.69, 9.17) is 4.74 Å². The Balaban J connectivity index is 0.00000162. The average molecular weight is 471 g/mol. The van der Waals surface area contributed by atoms with Gasteiger partial charge >= 0.3 is 5.69 Å². The molecule has 18 heavy (non-hydrogen) atoms. The van der Waals surface area contributed by atoms with Gasteiger partial charge in [0.15, 0.2) is 6.23 Å². The summed E-state index contributed by atoms with van der Waals surface area (Å²) in [6.45, 7) is 1.88. The molecule has 2 rings (SSSR count). The molecule has 2 N–H and O–H groups in total. The van der Waals surface area contributed by atoms with Crippen molar-refractivity contribution >= 4 is 0 Å². The normalized spacial score (nSPS) is 26.9. The van der Waals surface area contributed by atoms with Gasteiger partial charge in [-0.2, -0.15) is 4.39 Å². The molecule has 1 aliphatic heterocycles. The van der Waals surface area contributed by atoms with Crippen LogP contribution in [0.2, 0.25) is 0 Å². The molecule has 97 valence electrons. The molecule has 0 amide bonds. The standard InChI is InChI=1S/C10H13FN2O4.Ac/c1-2-5-3-7(14)9(17-5)13-4-6(11)8(15)12-10(13)16;/h4-5,7,9,14H,2-3H2,1H3,(H,12,15,16);/t5-,7?,9-;/m1./s1. The number of aliphatic hydroxyl groups excluding tert-OH is 1. The Kier molecular flexibility index (Phi) is 5.71. The molecule has 1 saturated heterocycles. The Labute approximate surface area is 138 Å². The average Bonchev–Trinajstić information content (AvgIpc) is 2.65. The molecular formula is C10H13AcFN2O4. The Morgan fingerprint density at radius 2 is 2.28 bits per heavy atom. The summed E-state index contributed by atoms with van der Waals surface area (Å²) in [5, 5.41) is 9.73. The summed E-state index contributed by atoms with van der Waals surface area (Å²) in [7, 11) is 0. The van der Waals surface area contributed by atoms with Gasteiger partial charge in [0.05, 0.1) is 12.3 Å². The fourth-order valence-electron chi connectivity index (χ4n) is 1.89. The molecule has 1 fully saturated rings. The van der Waals surface area contributed by atoms with Crippen LogP contribution in [0.4, 0.5) is 4.39 Å². The first-order valence-electron chi connectivity index (χ1n) is 5.37. The molecule has 0 saturated carbocycles. The van der Waals surface area contributed by atoms with E-state index in [9.17, 15) is 19.1 Å². The number of nitrogens with one attached hydrogen (secondary N) is 1. The van der Waals surface area contributed by atoms with Crippen LogP contribution in [0.25, 0.3) is 0 Å². The first-order valence-corrected chi connectivity index (χ1v) is 5.37. The summed E-state index contributed by atoms with van der Waals surface area (Å²) in [6, 6.07) is 0. The number of ether oxygens (including phenoxy) is 1. The summed E-state index contributed by atoms with van der Waals surface area (Å²) in [4.78, 5) is 24.2. The van der Waals surface area contributed by atoms with Crippen molar-refractivity contribution in [2.24, 2.45) is 0 Å². The number of aromatic nitrogens is 2. The van der Waals surface area contributed by atoms with Gasteiger partial charge in [-0.1, -0.05) is 6.92 Å². The predicted molar refractivity (Wildman–Crippen MR) is 56.1 cm³/mol. The maximum absolute atomic E-state index is 13.1. The minimum Gasteiger partial charge on any atom is -0.388 e. The third kappa shape index (κ3) is 3.10. The van der Waals surface area contributed by atoms with Gasteiger partial charge in [-0.15, -0.1) is 0 Å². The van der Waals surface area contributed by atoms with Gasteiger partial charge in [-0.05, 0) is 6.42 Å². The van der Waals surface area contributed by atoms with Gasteiger partial charge in [0.25, 0.3) is 5.56 Å². The maximum atomic E-state index is 13.1. The molecule has 0 aliphatic carbocycles. The molecule has 0 bridgehead atoms. The number of halogens is 1. The van der Waals surface area contributed by atoms with Crippen LogP contribution >= 0.6 is 0 Å². The van der Waals surface area contributed by atoms with Crippen LogP contribution in [0.1, 0.15) is 26.0 Å². The minimum absolute atomic E-state index is 0. The molecule has 2 heterocycles. The monoisotopic (exact) mass is 471 g/mol. The van der Waals surface area contributed by atoms with E-state index in [0.29, 0.717) is 12.8 Å². The Bertz CT molecular complexity index is 529. The van der Waals surface area contributed by atoms with Crippen molar-refractivity contribution in [3.8, 4) is 0 Å². The number of rotatable bonds is 2. The molecule has 6 nitrogen and oxygen atoms in total. The second-order valence-corrected chi connectivity index (χ2v) is 4.00. The van der Waals surface area contributed by atoms with Crippen molar-refractivity contribution in [3.63, 3.8) is 0 Å². The quantitative estimate of drug-likeness (QED) is 0.623. The summed E-state index contributed by atoms with van der Waals surface area (Å²) in [5.74, 6) is -1.08. The fourth-order valence-corrected chi connectivity index (χ4v) is 1.89. The molecule has 1 aromatic rings. The third-order valence-corrected chi connectivity index (χ3v) is 2.82.